The van der Waals surface area contributed by atoms with Crippen molar-refractivity contribution in [2.45, 2.75) is 38.8 Å². The van der Waals surface area contributed by atoms with Crippen LogP contribution in [0.5, 0.6) is 0 Å². The highest BCUT2D eigenvalue weighted by molar-refractivity contribution is 7.80. The molecule has 2 aromatic rings. The molecular weight excluding hydrogens is 324 g/mol. The Balaban J connectivity index is 2.35. The highest BCUT2D eigenvalue weighted by Gasteiger charge is 2.45. The zero-order valence-electron chi connectivity index (χ0n) is 13.6. The summed E-state index contributed by atoms with van der Waals surface area (Å²) in [6.45, 7) is 6.56. The first-order valence-electron chi connectivity index (χ1n) is 7.96. The molecule has 0 saturated heterocycles. The van der Waals surface area contributed by atoms with Crippen LogP contribution < -0.4 is 5.32 Å². The van der Waals surface area contributed by atoms with Crippen molar-refractivity contribution < 1.29 is 0 Å². The average Bonchev–Trinajstić information content (AvgIpc) is 2.54. The molecule has 0 radical (unpaired) electrons. The average molecular weight is 345 g/mol. The Morgan fingerprint density at radius 1 is 1.17 bits per heavy atom. The van der Waals surface area contributed by atoms with Gasteiger partial charge >= 0.3 is 0 Å². The predicted octanol–water partition coefficient (Wildman–Crippen LogP) is 5.41. The summed E-state index contributed by atoms with van der Waals surface area (Å²) < 4.78 is 0. The number of anilines is 1. The molecule has 1 atom stereocenters. The summed E-state index contributed by atoms with van der Waals surface area (Å²) in [5.74, 6) is 0. The molecule has 0 saturated carbocycles. The topological polar surface area (TPSA) is 15.3 Å². The van der Waals surface area contributed by atoms with E-state index in [1.165, 1.54) is 11.1 Å². The molecular formula is C19H21ClN2S. The molecule has 23 heavy (non-hydrogen) atoms. The van der Waals surface area contributed by atoms with Gasteiger partial charge in [0, 0.05) is 22.3 Å². The van der Waals surface area contributed by atoms with Crippen LogP contribution in [0.15, 0.2) is 48.5 Å². The summed E-state index contributed by atoms with van der Waals surface area (Å²) in [7, 11) is 0. The number of nitrogens with one attached hydrogen (secondary N) is 1. The number of rotatable bonds is 3. The van der Waals surface area contributed by atoms with Crippen molar-refractivity contribution in [3.05, 3.63) is 64.7 Å². The Bertz CT molecular complexity index is 729. The molecule has 0 aromatic heterocycles. The van der Waals surface area contributed by atoms with Crippen molar-refractivity contribution in [3.8, 4) is 0 Å². The third kappa shape index (κ3) is 2.52. The number of fused-ring (bicyclic) bond motifs is 1. The maximum Gasteiger partial charge on any atom is 0.174 e. The molecule has 120 valence electrons. The van der Waals surface area contributed by atoms with Crippen LogP contribution in [0.3, 0.4) is 0 Å². The van der Waals surface area contributed by atoms with Gasteiger partial charge in [-0.25, -0.2) is 0 Å². The number of halogens is 1. The predicted molar refractivity (Wildman–Crippen MR) is 102 cm³/mol. The van der Waals surface area contributed by atoms with E-state index in [9.17, 15) is 0 Å². The molecule has 1 aliphatic heterocycles. The lowest BCUT2D eigenvalue weighted by Crippen LogP contribution is -2.57. The van der Waals surface area contributed by atoms with Gasteiger partial charge in [0.15, 0.2) is 5.11 Å². The van der Waals surface area contributed by atoms with E-state index >= 15 is 0 Å². The van der Waals surface area contributed by atoms with E-state index in [4.69, 9.17) is 23.8 Å². The quantitative estimate of drug-likeness (QED) is 0.749. The van der Waals surface area contributed by atoms with Crippen LogP contribution in [0, 0.1) is 0 Å². The van der Waals surface area contributed by atoms with Crippen molar-refractivity contribution in [2.24, 2.45) is 0 Å². The van der Waals surface area contributed by atoms with E-state index in [0.717, 1.165) is 22.2 Å². The molecule has 0 amide bonds. The number of nitrogens with zero attached hydrogens (tertiary/aromatic N) is 1. The van der Waals surface area contributed by atoms with E-state index in [1.807, 2.05) is 18.2 Å². The van der Waals surface area contributed by atoms with Gasteiger partial charge in [-0.3, -0.25) is 0 Å². The SMILES string of the molecule is CCC1(c2ccccc2)c2cc(Cl)ccc2NC(=S)N1C(C)C. The van der Waals surface area contributed by atoms with E-state index < -0.39 is 0 Å². The molecule has 0 fully saturated rings. The van der Waals surface area contributed by atoms with E-state index in [0.29, 0.717) is 0 Å². The fourth-order valence-electron chi connectivity index (χ4n) is 3.69. The molecule has 4 heteroatoms. The Morgan fingerprint density at radius 3 is 2.48 bits per heavy atom. The van der Waals surface area contributed by atoms with Crippen LogP contribution in [0.4, 0.5) is 5.69 Å². The summed E-state index contributed by atoms with van der Waals surface area (Å²) in [6.07, 6.45) is 0.907. The molecule has 1 heterocycles. The van der Waals surface area contributed by atoms with Gasteiger partial charge in [-0.2, -0.15) is 0 Å². The highest BCUT2D eigenvalue weighted by atomic mass is 35.5. The van der Waals surface area contributed by atoms with Crippen molar-refractivity contribution in [2.75, 3.05) is 5.32 Å². The first kappa shape index (κ1) is 16.3. The Morgan fingerprint density at radius 2 is 1.87 bits per heavy atom. The van der Waals surface area contributed by atoms with Crippen molar-refractivity contribution in [1.82, 2.24) is 4.90 Å². The minimum absolute atomic E-state index is 0.266. The molecule has 0 spiro atoms. The molecule has 2 aromatic carbocycles. The second-order valence-electron chi connectivity index (χ2n) is 6.16. The fourth-order valence-corrected chi connectivity index (χ4v) is 4.34. The fraction of sp³-hybridized carbons (Fsp3) is 0.316. The summed E-state index contributed by atoms with van der Waals surface area (Å²) in [4.78, 5) is 2.30. The second-order valence-corrected chi connectivity index (χ2v) is 6.99. The summed E-state index contributed by atoms with van der Waals surface area (Å²) >= 11 is 12.0. The van der Waals surface area contributed by atoms with Gasteiger partial charge in [0.25, 0.3) is 0 Å². The third-order valence-electron chi connectivity index (χ3n) is 4.58. The molecule has 3 rings (SSSR count). The van der Waals surface area contributed by atoms with Crippen LogP contribution in [-0.2, 0) is 5.54 Å². The number of thiocarbonyl (C=S) groups is 1. The molecule has 1 aliphatic rings. The number of benzene rings is 2. The normalized spacial score (nSPS) is 20.4. The monoisotopic (exact) mass is 344 g/mol. The number of hydrogen-bond donors (Lipinski definition) is 1. The molecule has 0 aliphatic carbocycles. The zero-order valence-corrected chi connectivity index (χ0v) is 15.2. The van der Waals surface area contributed by atoms with Crippen LogP contribution in [0.1, 0.15) is 38.3 Å². The van der Waals surface area contributed by atoms with Crippen LogP contribution in [0.2, 0.25) is 5.02 Å². The van der Waals surface area contributed by atoms with Gasteiger partial charge in [0.2, 0.25) is 0 Å². The number of hydrogen-bond acceptors (Lipinski definition) is 1. The minimum atomic E-state index is -0.308. The van der Waals surface area contributed by atoms with Crippen molar-refractivity contribution in [1.29, 1.82) is 0 Å². The van der Waals surface area contributed by atoms with Crippen LogP contribution in [0.25, 0.3) is 0 Å². The molecule has 1 unspecified atom stereocenters. The van der Waals surface area contributed by atoms with E-state index in [1.54, 1.807) is 0 Å². The largest absolute Gasteiger partial charge is 0.333 e. The summed E-state index contributed by atoms with van der Waals surface area (Å²) in [5.41, 5.74) is 3.16. The highest BCUT2D eigenvalue weighted by Crippen LogP contribution is 2.47. The lowest BCUT2D eigenvalue weighted by molar-refractivity contribution is 0.172. The van der Waals surface area contributed by atoms with Crippen molar-refractivity contribution in [3.63, 3.8) is 0 Å². The van der Waals surface area contributed by atoms with Crippen molar-refractivity contribution >= 4 is 34.6 Å². The molecule has 0 bridgehead atoms. The summed E-state index contributed by atoms with van der Waals surface area (Å²) in [6, 6.07) is 16.8. The van der Waals surface area contributed by atoms with Gasteiger partial charge in [0.05, 0.1) is 5.54 Å². The Hall–Kier alpha value is -1.58. The zero-order chi connectivity index (χ0) is 16.6. The lowest BCUT2D eigenvalue weighted by Gasteiger charge is -2.52. The third-order valence-corrected chi connectivity index (χ3v) is 5.11. The maximum absolute atomic E-state index is 6.33. The van der Waals surface area contributed by atoms with Gasteiger partial charge < -0.3 is 10.2 Å². The van der Waals surface area contributed by atoms with Gasteiger partial charge in [0.1, 0.15) is 0 Å². The van der Waals surface area contributed by atoms with Crippen LogP contribution >= 0.6 is 23.8 Å². The summed E-state index contributed by atoms with van der Waals surface area (Å²) in [5, 5.41) is 4.89. The Kier molecular flexibility index (Phi) is 4.35. The van der Waals surface area contributed by atoms with Gasteiger partial charge in [-0.05, 0) is 56.2 Å². The van der Waals surface area contributed by atoms with Gasteiger partial charge in [-0.1, -0.05) is 48.9 Å². The van der Waals surface area contributed by atoms with E-state index in [-0.39, 0.29) is 11.6 Å². The standard InChI is InChI=1S/C19H21ClN2S/c1-4-19(14-8-6-5-7-9-14)16-12-15(20)10-11-17(16)21-18(23)22(19)13(2)3/h5-13H,4H2,1-3H3,(H,21,23). The molecule has 1 N–H and O–H groups in total. The minimum Gasteiger partial charge on any atom is -0.333 e. The smallest absolute Gasteiger partial charge is 0.174 e. The first-order chi connectivity index (χ1) is 11.0. The molecule has 2 nitrogen and oxygen atoms in total. The Labute approximate surface area is 148 Å². The first-order valence-corrected chi connectivity index (χ1v) is 8.75. The van der Waals surface area contributed by atoms with E-state index in [2.05, 4.69) is 61.3 Å². The van der Waals surface area contributed by atoms with Gasteiger partial charge in [-0.15, -0.1) is 0 Å². The maximum atomic E-state index is 6.33. The second kappa shape index (κ2) is 6.14. The van der Waals surface area contributed by atoms with Crippen LogP contribution in [-0.4, -0.2) is 16.1 Å². The lowest BCUT2D eigenvalue weighted by atomic mass is 9.76.